The van der Waals surface area contributed by atoms with Crippen molar-refractivity contribution in [3.8, 4) is 11.5 Å². The van der Waals surface area contributed by atoms with Crippen molar-refractivity contribution in [1.29, 1.82) is 0 Å². The van der Waals surface area contributed by atoms with E-state index in [0.29, 0.717) is 30.4 Å². The number of rotatable bonds is 6. The highest BCUT2D eigenvalue weighted by atomic mass is 79.9. The molecule has 30 heavy (non-hydrogen) atoms. The second kappa shape index (κ2) is 9.84. The number of aryl methyl sites for hydroxylation is 1. The molecule has 3 amide bonds. The average molecular weight is 476 g/mol. The Labute approximate surface area is 184 Å². The number of fused-ring (bicyclic) bond motifs is 1. The summed E-state index contributed by atoms with van der Waals surface area (Å²) < 4.78 is 12.1. The molecule has 1 heterocycles. The summed E-state index contributed by atoms with van der Waals surface area (Å²) >= 11 is 3.39. The number of urea groups is 1. The molecule has 0 radical (unpaired) electrons. The van der Waals surface area contributed by atoms with E-state index < -0.39 is 6.03 Å². The van der Waals surface area contributed by atoms with Crippen LogP contribution in [0.3, 0.4) is 0 Å². The Morgan fingerprint density at radius 2 is 1.80 bits per heavy atom. The minimum absolute atomic E-state index is 0.132. The molecule has 1 atom stereocenters. The normalized spacial score (nSPS) is 13.5. The fourth-order valence-corrected chi connectivity index (χ4v) is 3.68. The zero-order chi connectivity index (χ0) is 21.7. The summed E-state index contributed by atoms with van der Waals surface area (Å²) in [5, 5.41) is 8.37. The first-order chi connectivity index (χ1) is 14.3. The van der Waals surface area contributed by atoms with E-state index in [1.807, 2.05) is 57.2 Å². The van der Waals surface area contributed by atoms with E-state index in [9.17, 15) is 9.59 Å². The smallest absolute Gasteiger partial charge is 0.315 e. The van der Waals surface area contributed by atoms with Crippen molar-refractivity contribution in [3.63, 3.8) is 0 Å². The van der Waals surface area contributed by atoms with Crippen LogP contribution in [0, 0.1) is 12.8 Å². The van der Waals surface area contributed by atoms with Gasteiger partial charge in [0.2, 0.25) is 5.91 Å². The standard InChI is InChI=1S/C22H26BrN3O4/c1-13(2)21(15-4-7-18-19(11-15)30-9-8-29-18)26-22(28)24-12-20(27)25-17-6-5-16(23)10-14(17)3/h4-7,10-11,13,21H,8-9,12H2,1-3H3,(H,25,27)(H2,24,26,28)/t21-/m1/s1. The minimum atomic E-state index is -0.411. The molecule has 2 aromatic carbocycles. The highest BCUT2D eigenvalue weighted by Gasteiger charge is 2.21. The summed E-state index contributed by atoms with van der Waals surface area (Å²) in [7, 11) is 0. The molecule has 3 N–H and O–H groups in total. The van der Waals surface area contributed by atoms with Crippen molar-refractivity contribution in [3.05, 3.63) is 52.0 Å². The maximum Gasteiger partial charge on any atom is 0.315 e. The Morgan fingerprint density at radius 1 is 1.07 bits per heavy atom. The molecule has 1 aliphatic heterocycles. The molecular formula is C22H26BrN3O4. The number of amides is 3. The maximum absolute atomic E-state index is 12.4. The molecule has 0 unspecified atom stereocenters. The topological polar surface area (TPSA) is 88.7 Å². The van der Waals surface area contributed by atoms with Gasteiger partial charge in [0.15, 0.2) is 11.5 Å². The second-order valence-electron chi connectivity index (χ2n) is 7.46. The van der Waals surface area contributed by atoms with E-state index in [1.54, 1.807) is 0 Å². The van der Waals surface area contributed by atoms with Gasteiger partial charge in [-0.2, -0.15) is 0 Å². The van der Waals surface area contributed by atoms with E-state index in [2.05, 4.69) is 31.9 Å². The third kappa shape index (κ3) is 5.66. The molecule has 160 valence electrons. The predicted molar refractivity (Wildman–Crippen MR) is 119 cm³/mol. The maximum atomic E-state index is 12.4. The van der Waals surface area contributed by atoms with Crippen LogP contribution in [-0.2, 0) is 4.79 Å². The molecule has 0 bridgehead atoms. The van der Waals surface area contributed by atoms with Crippen LogP contribution in [0.2, 0.25) is 0 Å². The predicted octanol–water partition coefficient (Wildman–Crippen LogP) is 4.16. The molecule has 0 spiro atoms. The van der Waals surface area contributed by atoms with Gasteiger partial charge in [0.25, 0.3) is 0 Å². The first kappa shape index (κ1) is 22.0. The van der Waals surface area contributed by atoms with E-state index in [-0.39, 0.29) is 24.4 Å². The third-order valence-electron chi connectivity index (χ3n) is 4.75. The van der Waals surface area contributed by atoms with Crippen LogP contribution < -0.4 is 25.4 Å². The Kier molecular flexibility index (Phi) is 7.20. The lowest BCUT2D eigenvalue weighted by Crippen LogP contribution is -2.42. The minimum Gasteiger partial charge on any atom is -0.486 e. The molecule has 2 aromatic rings. The summed E-state index contributed by atoms with van der Waals surface area (Å²) in [5.74, 6) is 1.22. The average Bonchev–Trinajstić information content (AvgIpc) is 2.72. The molecule has 3 rings (SSSR count). The number of hydrogen-bond acceptors (Lipinski definition) is 4. The lowest BCUT2D eigenvalue weighted by Gasteiger charge is -2.25. The molecule has 7 nitrogen and oxygen atoms in total. The Hall–Kier alpha value is -2.74. The van der Waals surface area contributed by atoms with E-state index >= 15 is 0 Å². The van der Waals surface area contributed by atoms with Gasteiger partial charge in [-0.05, 0) is 54.3 Å². The van der Waals surface area contributed by atoms with Gasteiger partial charge in [-0.15, -0.1) is 0 Å². The number of carbonyl (C=O) groups excluding carboxylic acids is 2. The molecule has 0 aromatic heterocycles. The van der Waals surface area contributed by atoms with Crippen molar-refractivity contribution >= 4 is 33.6 Å². The fourth-order valence-electron chi connectivity index (χ4n) is 3.20. The number of benzene rings is 2. The lowest BCUT2D eigenvalue weighted by molar-refractivity contribution is -0.115. The van der Waals surface area contributed by atoms with Crippen LogP contribution in [0.25, 0.3) is 0 Å². The van der Waals surface area contributed by atoms with Crippen LogP contribution in [0.15, 0.2) is 40.9 Å². The first-order valence-corrected chi connectivity index (χ1v) is 10.6. The Morgan fingerprint density at radius 3 is 2.50 bits per heavy atom. The summed E-state index contributed by atoms with van der Waals surface area (Å²) in [4.78, 5) is 24.6. The summed E-state index contributed by atoms with van der Waals surface area (Å²) in [6.45, 7) is 6.84. The van der Waals surface area contributed by atoms with Gasteiger partial charge in [-0.1, -0.05) is 35.8 Å². The first-order valence-electron chi connectivity index (χ1n) is 9.83. The van der Waals surface area contributed by atoms with E-state index in [4.69, 9.17) is 9.47 Å². The highest BCUT2D eigenvalue weighted by molar-refractivity contribution is 9.10. The SMILES string of the molecule is Cc1cc(Br)ccc1NC(=O)CNC(=O)N[C@@H](c1ccc2c(c1)OCCO2)C(C)C. The van der Waals surface area contributed by atoms with Gasteiger partial charge in [-0.3, -0.25) is 4.79 Å². The van der Waals surface area contributed by atoms with Crippen molar-refractivity contribution in [2.45, 2.75) is 26.8 Å². The van der Waals surface area contributed by atoms with Crippen LogP contribution >= 0.6 is 15.9 Å². The van der Waals surface area contributed by atoms with Crippen molar-refractivity contribution in [1.82, 2.24) is 10.6 Å². The molecule has 8 heteroatoms. The van der Waals surface area contributed by atoms with Gasteiger partial charge in [0, 0.05) is 10.2 Å². The van der Waals surface area contributed by atoms with Crippen LogP contribution in [0.5, 0.6) is 11.5 Å². The van der Waals surface area contributed by atoms with Crippen LogP contribution in [0.1, 0.15) is 31.0 Å². The monoisotopic (exact) mass is 475 g/mol. The zero-order valence-electron chi connectivity index (χ0n) is 17.3. The Bertz CT molecular complexity index is 933. The molecular weight excluding hydrogens is 450 g/mol. The van der Waals surface area contributed by atoms with Crippen LogP contribution in [-0.4, -0.2) is 31.7 Å². The number of halogens is 1. The highest BCUT2D eigenvalue weighted by Crippen LogP contribution is 2.34. The largest absolute Gasteiger partial charge is 0.486 e. The van der Waals surface area contributed by atoms with Crippen LogP contribution in [0.4, 0.5) is 10.5 Å². The number of anilines is 1. The zero-order valence-corrected chi connectivity index (χ0v) is 18.8. The summed E-state index contributed by atoms with van der Waals surface area (Å²) in [5.41, 5.74) is 2.56. The number of ether oxygens (including phenoxy) is 2. The van der Waals surface area contributed by atoms with Gasteiger partial charge < -0.3 is 25.4 Å². The lowest BCUT2D eigenvalue weighted by atomic mass is 9.95. The number of nitrogens with one attached hydrogen (secondary N) is 3. The van der Waals surface area contributed by atoms with Gasteiger partial charge in [0.1, 0.15) is 13.2 Å². The van der Waals surface area contributed by atoms with Crippen molar-refractivity contribution in [2.24, 2.45) is 5.92 Å². The number of hydrogen-bond donors (Lipinski definition) is 3. The third-order valence-corrected chi connectivity index (χ3v) is 5.24. The van der Waals surface area contributed by atoms with Gasteiger partial charge in [0.05, 0.1) is 12.6 Å². The molecule has 0 fully saturated rings. The quantitative estimate of drug-likeness (QED) is 0.584. The summed E-state index contributed by atoms with van der Waals surface area (Å²) in [6.07, 6.45) is 0. The Balaban J connectivity index is 1.57. The van der Waals surface area contributed by atoms with Crippen molar-refractivity contribution < 1.29 is 19.1 Å². The van der Waals surface area contributed by atoms with E-state index in [0.717, 1.165) is 15.6 Å². The van der Waals surface area contributed by atoms with Gasteiger partial charge in [-0.25, -0.2) is 4.79 Å². The van der Waals surface area contributed by atoms with E-state index in [1.165, 1.54) is 0 Å². The fraction of sp³-hybridized carbons (Fsp3) is 0.364. The molecule has 0 saturated carbocycles. The molecule has 0 saturated heterocycles. The molecule has 1 aliphatic rings. The van der Waals surface area contributed by atoms with Crippen molar-refractivity contribution in [2.75, 3.05) is 25.1 Å². The van der Waals surface area contributed by atoms with Gasteiger partial charge >= 0.3 is 6.03 Å². The second-order valence-corrected chi connectivity index (χ2v) is 8.37. The number of carbonyl (C=O) groups is 2. The summed E-state index contributed by atoms with van der Waals surface area (Å²) in [6, 6.07) is 10.6. The molecule has 0 aliphatic carbocycles.